The Labute approximate surface area is 324 Å². The van der Waals surface area contributed by atoms with Crippen LogP contribution in [-0.2, 0) is 19.1 Å². The molecule has 0 radical (unpaired) electrons. The van der Waals surface area contributed by atoms with Crippen LogP contribution in [-0.4, -0.2) is 41.6 Å². The quantitative estimate of drug-likeness (QED) is 0.0332. The van der Waals surface area contributed by atoms with E-state index in [0.29, 0.717) is 32.2 Å². The maximum atomic E-state index is 12.7. The Hall–Kier alpha value is -3.19. The van der Waals surface area contributed by atoms with Gasteiger partial charge in [0, 0.05) is 12.8 Å². The average molecular weight is 739 g/mol. The maximum absolute atomic E-state index is 12.7. The van der Waals surface area contributed by atoms with E-state index in [1.807, 2.05) is 0 Å². The molecule has 0 rings (SSSR count). The molecule has 0 fully saturated rings. The first kappa shape index (κ1) is 49.8. The molecule has 2 unspecified atom stereocenters. The maximum Gasteiger partial charge on any atom is 0.326 e. The highest BCUT2D eigenvalue weighted by Crippen LogP contribution is 2.18. The number of amides is 1. The van der Waals surface area contributed by atoms with Crippen LogP contribution in [0.2, 0.25) is 0 Å². The van der Waals surface area contributed by atoms with Crippen LogP contribution >= 0.6 is 0 Å². The second kappa shape index (κ2) is 40.0. The molecule has 7 nitrogen and oxygen atoms in total. The van der Waals surface area contributed by atoms with Crippen molar-refractivity contribution in [2.45, 2.75) is 193 Å². The lowest BCUT2D eigenvalue weighted by molar-refractivity contribution is -0.150. The summed E-state index contributed by atoms with van der Waals surface area (Å²) in [4.78, 5) is 36.2. The third-order valence-corrected chi connectivity index (χ3v) is 9.04. The highest BCUT2D eigenvalue weighted by molar-refractivity contribution is 5.83. The fourth-order valence-corrected chi connectivity index (χ4v) is 5.86. The van der Waals surface area contributed by atoms with E-state index in [1.165, 1.54) is 25.7 Å². The van der Waals surface area contributed by atoms with Crippen LogP contribution in [0.5, 0.6) is 0 Å². The molecule has 0 aliphatic carbocycles. The number of hydrogen-bond donors (Lipinski definition) is 3. The van der Waals surface area contributed by atoms with Crippen molar-refractivity contribution in [2.75, 3.05) is 6.54 Å². The van der Waals surface area contributed by atoms with Gasteiger partial charge in [-0.25, -0.2) is 4.79 Å². The molecule has 53 heavy (non-hydrogen) atoms. The summed E-state index contributed by atoms with van der Waals surface area (Å²) in [6, 6.07) is -0.868. The zero-order valence-corrected chi connectivity index (χ0v) is 33.8. The Morgan fingerprint density at radius 2 is 1.04 bits per heavy atom. The Morgan fingerprint density at radius 3 is 1.55 bits per heavy atom. The number of unbranched alkanes of at least 4 members (excludes halogenated alkanes) is 11. The van der Waals surface area contributed by atoms with Gasteiger partial charge < -0.3 is 20.9 Å². The first-order valence-electron chi connectivity index (χ1n) is 21.3. The summed E-state index contributed by atoms with van der Waals surface area (Å²) < 4.78 is 5.95. The minimum absolute atomic E-state index is 0.0283. The molecule has 0 aliphatic rings. The number of nitrogens with two attached hydrogens (primary N) is 1. The fourth-order valence-electron chi connectivity index (χ4n) is 5.86. The van der Waals surface area contributed by atoms with Gasteiger partial charge in [0.1, 0.15) is 12.1 Å². The Bertz CT molecular complexity index is 1060. The molecular formula is C46H78N2O5. The van der Waals surface area contributed by atoms with Crippen LogP contribution in [0.15, 0.2) is 72.9 Å². The van der Waals surface area contributed by atoms with Gasteiger partial charge in [-0.3, -0.25) is 9.59 Å². The molecule has 0 bridgehead atoms. The molecule has 7 heteroatoms. The minimum Gasteiger partial charge on any atom is -0.480 e. The van der Waals surface area contributed by atoms with Crippen molar-refractivity contribution in [1.82, 2.24) is 5.32 Å². The van der Waals surface area contributed by atoms with Crippen LogP contribution in [0, 0.1) is 0 Å². The molecular weight excluding hydrogens is 661 g/mol. The first-order chi connectivity index (χ1) is 25.9. The van der Waals surface area contributed by atoms with Gasteiger partial charge in [-0.1, -0.05) is 138 Å². The van der Waals surface area contributed by atoms with Gasteiger partial charge in [-0.15, -0.1) is 0 Å². The largest absolute Gasteiger partial charge is 0.480 e. The number of carbonyl (C=O) groups is 3. The van der Waals surface area contributed by atoms with Crippen molar-refractivity contribution in [3.05, 3.63) is 72.9 Å². The highest BCUT2D eigenvalue weighted by Gasteiger charge is 2.19. The number of esters is 1. The van der Waals surface area contributed by atoms with Gasteiger partial charge in [0.15, 0.2) is 0 Å². The fraction of sp³-hybridized carbons (Fsp3) is 0.674. The molecule has 0 saturated carbocycles. The summed E-state index contributed by atoms with van der Waals surface area (Å²) in [6.45, 7) is 4.77. The van der Waals surface area contributed by atoms with E-state index in [2.05, 4.69) is 92.1 Å². The van der Waals surface area contributed by atoms with Gasteiger partial charge in [0.25, 0.3) is 0 Å². The third kappa shape index (κ3) is 36.9. The highest BCUT2D eigenvalue weighted by atomic mass is 16.5. The SMILES string of the molecule is CC/C=C\C/C=C\C/C=C\C/C=C\C/C=C\C/C=C\CCCCCCC(=O)OC(CCCCCCC)CCCCCCC(=O)NC(CCCN)C(=O)O. The average Bonchev–Trinajstić information content (AvgIpc) is 3.14. The number of aliphatic carboxylic acids is 1. The van der Waals surface area contributed by atoms with Crippen LogP contribution in [0.3, 0.4) is 0 Å². The zero-order chi connectivity index (χ0) is 38.9. The predicted molar refractivity (Wildman–Crippen MR) is 225 cm³/mol. The summed E-state index contributed by atoms with van der Waals surface area (Å²) in [5.74, 6) is -1.30. The number of carboxylic acids is 1. The molecule has 0 saturated heterocycles. The summed E-state index contributed by atoms with van der Waals surface area (Å²) in [5.41, 5.74) is 5.47. The Kier molecular flexibility index (Phi) is 37.6. The molecule has 302 valence electrons. The van der Waals surface area contributed by atoms with Crippen molar-refractivity contribution in [1.29, 1.82) is 0 Å². The lowest BCUT2D eigenvalue weighted by Gasteiger charge is -2.18. The first-order valence-corrected chi connectivity index (χ1v) is 21.3. The number of carbonyl (C=O) groups excluding carboxylic acids is 2. The lowest BCUT2D eigenvalue weighted by atomic mass is 10.0. The molecule has 0 aromatic rings. The molecule has 1 amide bonds. The number of carboxylic acid groups (broad SMARTS) is 1. The molecule has 0 aromatic carbocycles. The molecule has 0 spiro atoms. The number of hydrogen-bond acceptors (Lipinski definition) is 5. The van der Waals surface area contributed by atoms with Crippen molar-refractivity contribution in [3.63, 3.8) is 0 Å². The van der Waals surface area contributed by atoms with E-state index >= 15 is 0 Å². The smallest absolute Gasteiger partial charge is 0.326 e. The third-order valence-electron chi connectivity index (χ3n) is 9.04. The van der Waals surface area contributed by atoms with E-state index in [4.69, 9.17) is 10.5 Å². The van der Waals surface area contributed by atoms with Gasteiger partial charge in [-0.05, 0) is 109 Å². The summed E-state index contributed by atoms with van der Waals surface area (Å²) in [5, 5.41) is 11.9. The Morgan fingerprint density at radius 1 is 0.566 bits per heavy atom. The number of ether oxygens (including phenoxy) is 1. The molecule has 4 N–H and O–H groups in total. The van der Waals surface area contributed by atoms with Crippen LogP contribution in [0.1, 0.15) is 181 Å². The van der Waals surface area contributed by atoms with Crippen molar-refractivity contribution < 1.29 is 24.2 Å². The summed E-state index contributed by atoms with van der Waals surface area (Å²) in [6.07, 6.45) is 51.0. The van der Waals surface area contributed by atoms with E-state index in [1.54, 1.807) is 0 Å². The minimum atomic E-state index is -1.01. The van der Waals surface area contributed by atoms with Gasteiger partial charge in [0.05, 0.1) is 0 Å². The zero-order valence-electron chi connectivity index (χ0n) is 33.8. The Balaban J connectivity index is 4.10. The summed E-state index contributed by atoms with van der Waals surface area (Å²) >= 11 is 0. The normalized spacial score (nSPS) is 13.4. The monoisotopic (exact) mass is 739 g/mol. The summed E-state index contributed by atoms with van der Waals surface area (Å²) in [7, 11) is 0. The molecule has 2 atom stereocenters. The molecule has 0 aliphatic heterocycles. The van der Waals surface area contributed by atoms with Gasteiger partial charge >= 0.3 is 11.9 Å². The van der Waals surface area contributed by atoms with Crippen molar-refractivity contribution in [2.24, 2.45) is 5.73 Å². The topological polar surface area (TPSA) is 119 Å². The second-order valence-corrected chi connectivity index (χ2v) is 14.0. The van der Waals surface area contributed by atoms with Gasteiger partial charge in [0.2, 0.25) is 5.91 Å². The van der Waals surface area contributed by atoms with E-state index < -0.39 is 12.0 Å². The van der Waals surface area contributed by atoms with Crippen molar-refractivity contribution in [3.8, 4) is 0 Å². The second-order valence-electron chi connectivity index (χ2n) is 14.0. The number of nitrogens with one attached hydrogen (secondary N) is 1. The molecule has 0 aromatic heterocycles. The number of rotatable bonds is 37. The van der Waals surface area contributed by atoms with Crippen LogP contribution in [0.4, 0.5) is 0 Å². The lowest BCUT2D eigenvalue weighted by Crippen LogP contribution is -2.40. The van der Waals surface area contributed by atoms with E-state index in [-0.39, 0.29) is 18.0 Å². The van der Waals surface area contributed by atoms with Crippen LogP contribution < -0.4 is 11.1 Å². The van der Waals surface area contributed by atoms with E-state index in [9.17, 15) is 19.5 Å². The van der Waals surface area contributed by atoms with Crippen molar-refractivity contribution >= 4 is 17.8 Å². The standard InChI is InChI=1S/C46H78N2O5/c1-3-5-7-9-10-11-12-13-14-15-16-17-18-19-20-21-22-23-24-25-26-28-34-40-45(50)53-42(36-31-27-8-6-4-2)37-32-29-30-33-39-44(49)48-43(46(51)52)38-35-41-47/h5,7,10-11,13-14,16-17,19-20,22-23,42-43H,3-4,6,8-9,12,15,18,21,24-41,47H2,1-2H3,(H,48,49)(H,51,52)/b7-5-,11-10-,14-13-,17-16-,20-19-,23-22-. The molecule has 0 heterocycles. The number of allylic oxidation sites excluding steroid dienone is 12. The van der Waals surface area contributed by atoms with E-state index in [0.717, 1.165) is 116 Å². The van der Waals surface area contributed by atoms with Crippen LogP contribution in [0.25, 0.3) is 0 Å². The van der Waals surface area contributed by atoms with Gasteiger partial charge in [-0.2, -0.15) is 0 Å². The predicted octanol–water partition coefficient (Wildman–Crippen LogP) is 11.9.